The lowest BCUT2D eigenvalue weighted by Crippen LogP contribution is -2.41. The Bertz CT molecular complexity index is 424. The van der Waals surface area contributed by atoms with E-state index in [2.05, 4.69) is 20.8 Å². The predicted octanol–water partition coefficient (Wildman–Crippen LogP) is 1.59. The van der Waals surface area contributed by atoms with Gasteiger partial charge in [-0.25, -0.2) is 4.79 Å². The first-order valence-corrected chi connectivity index (χ1v) is 7.90. The third kappa shape index (κ3) is 4.83. The molecule has 0 saturated carbocycles. The van der Waals surface area contributed by atoms with Gasteiger partial charge in [0.15, 0.2) is 8.68 Å². The topological polar surface area (TPSA) is 84.0 Å². The van der Waals surface area contributed by atoms with Crippen LogP contribution in [0.1, 0.15) is 13.8 Å². The zero-order valence-electron chi connectivity index (χ0n) is 10.2. The molecule has 0 fully saturated rings. The quantitative estimate of drug-likeness (QED) is 0.804. The third-order valence-electron chi connectivity index (χ3n) is 1.77. The summed E-state index contributed by atoms with van der Waals surface area (Å²) >= 11 is 4.35. The smallest absolute Gasteiger partial charge is 0.321 e. The fraction of sp³-hybridized carbons (Fsp3) is 0.556. The maximum atomic E-state index is 11.6. The summed E-state index contributed by atoms with van der Waals surface area (Å²) in [5, 5.41) is 12.1. The van der Waals surface area contributed by atoms with E-state index in [1.165, 1.54) is 30.1 Å². The van der Waals surface area contributed by atoms with E-state index in [-0.39, 0.29) is 5.91 Å². The number of amides is 3. The lowest BCUT2D eigenvalue weighted by Gasteiger charge is -2.08. The zero-order chi connectivity index (χ0) is 13.5. The standard InChI is InChI=1S/C9H14N4O2S3/c1-4-16-8-12-13-9(18-8)17-5(2)6(14)11-7(15)10-3/h5H,4H2,1-3H3,(H2,10,11,14,15)/t5-/m1/s1. The molecule has 6 nitrogen and oxygen atoms in total. The Morgan fingerprint density at radius 2 is 2.06 bits per heavy atom. The minimum Gasteiger partial charge on any atom is -0.341 e. The maximum absolute atomic E-state index is 11.6. The molecule has 0 unspecified atom stereocenters. The normalized spacial score (nSPS) is 11.9. The van der Waals surface area contributed by atoms with Crippen molar-refractivity contribution in [1.29, 1.82) is 0 Å². The van der Waals surface area contributed by atoms with E-state index in [0.717, 1.165) is 14.4 Å². The number of carbonyl (C=O) groups excluding carboxylic acids is 2. The third-order valence-corrected chi connectivity index (χ3v) is 4.89. The van der Waals surface area contributed by atoms with Gasteiger partial charge in [0.1, 0.15) is 0 Å². The number of rotatable bonds is 5. The molecular weight excluding hydrogens is 292 g/mol. The molecule has 1 rings (SSSR count). The lowest BCUT2D eigenvalue weighted by atomic mass is 10.4. The van der Waals surface area contributed by atoms with Crippen molar-refractivity contribution in [3.8, 4) is 0 Å². The van der Waals surface area contributed by atoms with Crippen LogP contribution >= 0.6 is 34.9 Å². The van der Waals surface area contributed by atoms with Crippen LogP contribution in [0.2, 0.25) is 0 Å². The Labute approximate surface area is 118 Å². The Balaban J connectivity index is 2.49. The average molecular weight is 306 g/mol. The zero-order valence-corrected chi connectivity index (χ0v) is 12.7. The number of imide groups is 1. The van der Waals surface area contributed by atoms with Gasteiger partial charge in [-0.3, -0.25) is 10.1 Å². The van der Waals surface area contributed by atoms with Gasteiger partial charge in [-0.2, -0.15) is 0 Å². The van der Waals surface area contributed by atoms with Crippen molar-refractivity contribution < 1.29 is 9.59 Å². The van der Waals surface area contributed by atoms with Crippen LogP contribution in [0.4, 0.5) is 4.79 Å². The van der Waals surface area contributed by atoms with Crippen molar-refractivity contribution in [2.75, 3.05) is 12.8 Å². The number of aromatic nitrogens is 2. The Hall–Kier alpha value is -0.800. The van der Waals surface area contributed by atoms with Crippen molar-refractivity contribution in [2.24, 2.45) is 0 Å². The molecule has 0 aliphatic heterocycles. The summed E-state index contributed by atoms with van der Waals surface area (Å²) in [6.45, 7) is 3.76. The van der Waals surface area contributed by atoms with Crippen LogP contribution in [0.25, 0.3) is 0 Å². The number of hydrogen-bond acceptors (Lipinski definition) is 7. The highest BCUT2D eigenvalue weighted by atomic mass is 32.2. The van der Waals surface area contributed by atoms with E-state index < -0.39 is 11.3 Å². The van der Waals surface area contributed by atoms with E-state index in [1.54, 1.807) is 18.7 Å². The van der Waals surface area contributed by atoms with Crippen molar-refractivity contribution in [1.82, 2.24) is 20.8 Å². The number of carbonyl (C=O) groups is 2. The van der Waals surface area contributed by atoms with Gasteiger partial charge in [0, 0.05) is 7.05 Å². The lowest BCUT2D eigenvalue weighted by molar-refractivity contribution is -0.119. The Kier molecular flexibility index (Phi) is 6.44. The molecule has 1 atom stereocenters. The average Bonchev–Trinajstić information content (AvgIpc) is 2.76. The minimum atomic E-state index is -0.507. The van der Waals surface area contributed by atoms with Crippen LogP contribution in [0, 0.1) is 0 Å². The van der Waals surface area contributed by atoms with Gasteiger partial charge < -0.3 is 5.32 Å². The molecule has 0 aliphatic rings. The fourth-order valence-electron chi connectivity index (χ4n) is 0.907. The Morgan fingerprint density at radius 3 is 2.67 bits per heavy atom. The number of thioether (sulfide) groups is 2. The number of nitrogens with zero attached hydrogens (tertiary/aromatic N) is 2. The SMILES string of the molecule is CCSc1nnc(S[C@H](C)C(=O)NC(=O)NC)s1. The van der Waals surface area contributed by atoms with Gasteiger partial charge in [-0.1, -0.05) is 41.8 Å². The van der Waals surface area contributed by atoms with Gasteiger partial charge in [0.05, 0.1) is 5.25 Å². The highest BCUT2D eigenvalue weighted by molar-refractivity contribution is 8.03. The van der Waals surface area contributed by atoms with Gasteiger partial charge in [-0.15, -0.1) is 10.2 Å². The largest absolute Gasteiger partial charge is 0.341 e. The van der Waals surface area contributed by atoms with Crippen LogP contribution in [0.5, 0.6) is 0 Å². The summed E-state index contributed by atoms with van der Waals surface area (Å²) in [6, 6.07) is -0.507. The highest BCUT2D eigenvalue weighted by Gasteiger charge is 2.18. The van der Waals surface area contributed by atoms with E-state index in [4.69, 9.17) is 0 Å². The number of hydrogen-bond donors (Lipinski definition) is 2. The second kappa shape index (κ2) is 7.59. The first-order chi connectivity index (χ1) is 8.56. The van der Waals surface area contributed by atoms with Gasteiger partial charge in [-0.05, 0) is 12.7 Å². The second-order valence-corrected chi connectivity index (χ2v) is 7.17. The van der Waals surface area contributed by atoms with Crippen LogP contribution in [-0.2, 0) is 4.79 Å². The van der Waals surface area contributed by atoms with Crippen LogP contribution in [0.3, 0.4) is 0 Å². The van der Waals surface area contributed by atoms with Crippen molar-refractivity contribution in [2.45, 2.75) is 27.8 Å². The van der Waals surface area contributed by atoms with E-state index in [9.17, 15) is 9.59 Å². The molecule has 0 radical (unpaired) electrons. The molecule has 3 amide bonds. The van der Waals surface area contributed by atoms with Gasteiger partial charge in [0.25, 0.3) is 0 Å². The molecule has 2 N–H and O–H groups in total. The van der Waals surface area contributed by atoms with E-state index >= 15 is 0 Å². The first-order valence-electron chi connectivity index (χ1n) is 5.22. The summed E-state index contributed by atoms with van der Waals surface area (Å²) in [5.74, 6) is 0.589. The summed E-state index contributed by atoms with van der Waals surface area (Å²) < 4.78 is 1.62. The number of nitrogens with one attached hydrogen (secondary N) is 2. The molecule has 1 heterocycles. The summed E-state index contributed by atoms with van der Waals surface area (Å²) in [5.41, 5.74) is 0. The molecule has 0 aliphatic carbocycles. The molecule has 100 valence electrons. The van der Waals surface area contributed by atoms with E-state index in [0.29, 0.717) is 0 Å². The molecule has 0 saturated heterocycles. The Morgan fingerprint density at radius 1 is 1.39 bits per heavy atom. The van der Waals surface area contributed by atoms with Crippen LogP contribution < -0.4 is 10.6 Å². The summed E-state index contributed by atoms with van der Waals surface area (Å²) in [6.07, 6.45) is 0. The molecule has 1 aromatic heterocycles. The van der Waals surface area contributed by atoms with Crippen molar-refractivity contribution in [3.05, 3.63) is 0 Å². The number of urea groups is 1. The van der Waals surface area contributed by atoms with Crippen LogP contribution in [-0.4, -0.2) is 40.2 Å². The second-order valence-electron chi connectivity index (χ2n) is 3.10. The predicted molar refractivity (Wildman–Crippen MR) is 74.2 cm³/mol. The maximum Gasteiger partial charge on any atom is 0.321 e. The molecule has 1 aromatic rings. The molecule has 0 aromatic carbocycles. The molecule has 0 bridgehead atoms. The summed E-state index contributed by atoms with van der Waals surface area (Å²) in [4.78, 5) is 22.6. The molecule has 9 heteroatoms. The van der Waals surface area contributed by atoms with E-state index in [1.807, 2.05) is 6.92 Å². The highest BCUT2D eigenvalue weighted by Crippen LogP contribution is 2.30. The minimum absolute atomic E-state index is 0.348. The monoisotopic (exact) mass is 306 g/mol. The molecular formula is C9H14N4O2S3. The van der Waals surface area contributed by atoms with Gasteiger partial charge >= 0.3 is 6.03 Å². The molecule has 0 spiro atoms. The first kappa shape index (κ1) is 15.3. The van der Waals surface area contributed by atoms with Crippen molar-refractivity contribution >= 4 is 46.8 Å². The van der Waals surface area contributed by atoms with Gasteiger partial charge in [0.2, 0.25) is 5.91 Å². The molecule has 18 heavy (non-hydrogen) atoms. The van der Waals surface area contributed by atoms with Crippen molar-refractivity contribution in [3.63, 3.8) is 0 Å². The van der Waals surface area contributed by atoms with Crippen LogP contribution in [0.15, 0.2) is 8.68 Å². The summed E-state index contributed by atoms with van der Waals surface area (Å²) in [7, 11) is 1.46. The fourth-order valence-corrected chi connectivity index (χ4v) is 3.97.